The van der Waals surface area contributed by atoms with E-state index in [1.165, 1.54) is 0 Å². The van der Waals surface area contributed by atoms with E-state index < -0.39 is 0 Å². The third-order valence-corrected chi connectivity index (χ3v) is 4.23. The Balaban J connectivity index is 1.72. The maximum Gasteiger partial charge on any atom is 0.229 e. The lowest BCUT2D eigenvalue weighted by atomic mass is 10.1. The molecule has 1 N–H and O–H groups in total. The van der Waals surface area contributed by atoms with Crippen molar-refractivity contribution in [2.45, 2.75) is 13.3 Å². The zero-order valence-corrected chi connectivity index (χ0v) is 13.5. The summed E-state index contributed by atoms with van der Waals surface area (Å²) in [6, 6.07) is 14.7. The fraction of sp³-hybridized carbons (Fsp3) is 0.222. The summed E-state index contributed by atoms with van der Waals surface area (Å²) in [5.41, 5.74) is 2.54. The van der Waals surface area contributed by atoms with Gasteiger partial charge in [-0.15, -0.1) is 0 Å². The predicted molar refractivity (Wildman–Crippen MR) is 91.7 cm³/mol. The first-order valence-electron chi connectivity index (χ1n) is 7.47. The Morgan fingerprint density at radius 3 is 2.74 bits per heavy atom. The molecule has 118 valence electrons. The average molecular weight is 329 g/mol. The molecule has 4 nitrogen and oxygen atoms in total. The number of benzene rings is 2. The number of amides is 2. The van der Waals surface area contributed by atoms with Crippen LogP contribution in [0.25, 0.3) is 0 Å². The van der Waals surface area contributed by atoms with Crippen molar-refractivity contribution in [2.24, 2.45) is 5.92 Å². The first-order valence-corrected chi connectivity index (χ1v) is 7.85. The molecule has 0 saturated carbocycles. The number of anilines is 2. The molecule has 0 spiro atoms. The van der Waals surface area contributed by atoms with E-state index in [0.29, 0.717) is 17.3 Å². The Morgan fingerprint density at radius 2 is 2.00 bits per heavy atom. The van der Waals surface area contributed by atoms with Gasteiger partial charge in [0.2, 0.25) is 11.8 Å². The maximum absolute atomic E-state index is 12.4. The molecule has 1 heterocycles. The zero-order valence-electron chi connectivity index (χ0n) is 12.8. The Hall–Kier alpha value is -2.33. The molecule has 0 radical (unpaired) electrons. The molecule has 2 aromatic rings. The van der Waals surface area contributed by atoms with Crippen LogP contribution in [0.2, 0.25) is 5.02 Å². The van der Waals surface area contributed by atoms with Crippen LogP contribution in [0.5, 0.6) is 0 Å². The minimum atomic E-state index is -0.360. The number of hydrogen-bond donors (Lipinski definition) is 1. The third kappa shape index (κ3) is 3.37. The fourth-order valence-corrected chi connectivity index (χ4v) is 2.98. The normalized spacial score (nSPS) is 17.4. The smallest absolute Gasteiger partial charge is 0.229 e. The molecule has 1 saturated heterocycles. The van der Waals surface area contributed by atoms with E-state index in [1.54, 1.807) is 29.2 Å². The Bertz CT molecular complexity index is 760. The van der Waals surface area contributed by atoms with Gasteiger partial charge in [0.25, 0.3) is 0 Å². The highest BCUT2D eigenvalue weighted by Crippen LogP contribution is 2.28. The standard InChI is InChI=1S/C18H17ClN2O2/c1-12-5-2-3-8-16(12)21-11-13(9-17(21)22)18(23)20-15-7-4-6-14(19)10-15/h2-8,10,13H,9,11H2,1H3,(H,20,23)/t13-/m0/s1. The Labute approximate surface area is 140 Å². The highest BCUT2D eigenvalue weighted by atomic mass is 35.5. The summed E-state index contributed by atoms with van der Waals surface area (Å²) < 4.78 is 0. The van der Waals surface area contributed by atoms with Crippen molar-refractivity contribution in [1.82, 2.24) is 0 Å². The molecule has 0 bridgehead atoms. The van der Waals surface area contributed by atoms with Gasteiger partial charge in [0.15, 0.2) is 0 Å². The quantitative estimate of drug-likeness (QED) is 0.935. The summed E-state index contributed by atoms with van der Waals surface area (Å²) in [4.78, 5) is 26.4. The van der Waals surface area contributed by atoms with Crippen LogP contribution >= 0.6 is 11.6 Å². The van der Waals surface area contributed by atoms with Crippen LogP contribution in [0, 0.1) is 12.8 Å². The van der Waals surface area contributed by atoms with Gasteiger partial charge in [-0.25, -0.2) is 0 Å². The molecule has 0 unspecified atom stereocenters. The number of nitrogens with zero attached hydrogens (tertiary/aromatic N) is 1. The SMILES string of the molecule is Cc1ccccc1N1C[C@@H](C(=O)Nc2cccc(Cl)c2)CC1=O. The molecule has 0 aromatic heterocycles. The van der Waals surface area contributed by atoms with E-state index >= 15 is 0 Å². The van der Waals surface area contributed by atoms with Gasteiger partial charge in [0.1, 0.15) is 0 Å². The molecule has 0 aliphatic carbocycles. The molecule has 1 atom stereocenters. The van der Waals surface area contributed by atoms with E-state index in [0.717, 1.165) is 11.3 Å². The first kappa shape index (κ1) is 15.6. The highest BCUT2D eigenvalue weighted by Gasteiger charge is 2.35. The van der Waals surface area contributed by atoms with Gasteiger partial charge in [0.05, 0.1) is 5.92 Å². The number of nitrogens with one attached hydrogen (secondary N) is 1. The lowest BCUT2D eigenvalue weighted by Crippen LogP contribution is -2.28. The van der Waals surface area contributed by atoms with Crippen molar-refractivity contribution in [3.63, 3.8) is 0 Å². The molecule has 23 heavy (non-hydrogen) atoms. The van der Waals surface area contributed by atoms with Crippen molar-refractivity contribution in [3.05, 3.63) is 59.1 Å². The van der Waals surface area contributed by atoms with Crippen LogP contribution in [0.3, 0.4) is 0 Å². The van der Waals surface area contributed by atoms with Crippen LogP contribution in [-0.4, -0.2) is 18.4 Å². The van der Waals surface area contributed by atoms with Crippen molar-refractivity contribution >= 4 is 34.8 Å². The fourth-order valence-electron chi connectivity index (χ4n) is 2.79. The number of carbonyl (C=O) groups excluding carboxylic acids is 2. The van der Waals surface area contributed by atoms with Crippen LogP contribution in [0.15, 0.2) is 48.5 Å². The second-order valence-corrected chi connectivity index (χ2v) is 6.13. The molecule has 2 amide bonds. The number of carbonyl (C=O) groups is 2. The Morgan fingerprint density at radius 1 is 1.22 bits per heavy atom. The van der Waals surface area contributed by atoms with Gasteiger partial charge < -0.3 is 10.2 Å². The molecular weight excluding hydrogens is 312 g/mol. The lowest BCUT2D eigenvalue weighted by Gasteiger charge is -2.19. The number of aryl methyl sites for hydroxylation is 1. The summed E-state index contributed by atoms with van der Waals surface area (Å²) in [6.45, 7) is 2.36. The maximum atomic E-state index is 12.4. The van der Waals surface area contributed by atoms with Gasteiger partial charge in [-0.05, 0) is 36.8 Å². The van der Waals surface area contributed by atoms with Crippen molar-refractivity contribution in [1.29, 1.82) is 0 Å². The lowest BCUT2D eigenvalue weighted by molar-refractivity contribution is -0.122. The molecule has 1 aliphatic rings. The van der Waals surface area contributed by atoms with Gasteiger partial charge in [-0.1, -0.05) is 35.9 Å². The summed E-state index contributed by atoms with van der Waals surface area (Å²) in [5, 5.41) is 3.39. The highest BCUT2D eigenvalue weighted by molar-refractivity contribution is 6.30. The molecule has 3 rings (SSSR count). The van der Waals surface area contributed by atoms with E-state index in [4.69, 9.17) is 11.6 Å². The topological polar surface area (TPSA) is 49.4 Å². The van der Waals surface area contributed by atoms with Crippen LogP contribution in [0.1, 0.15) is 12.0 Å². The molecule has 1 aliphatic heterocycles. The minimum Gasteiger partial charge on any atom is -0.326 e. The number of halogens is 1. The molecule has 1 fully saturated rings. The van der Waals surface area contributed by atoms with E-state index in [9.17, 15) is 9.59 Å². The second kappa shape index (κ2) is 6.42. The van der Waals surface area contributed by atoms with Crippen molar-refractivity contribution < 1.29 is 9.59 Å². The van der Waals surface area contributed by atoms with Crippen LogP contribution in [-0.2, 0) is 9.59 Å². The van der Waals surface area contributed by atoms with Crippen molar-refractivity contribution in [2.75, 3.05) is 16.8 Å². The summed E-state index contributed by atoms with van der Waals surface area (Å²) in [5.74, 6) is -0.539. The number of rotatable bonds is 3. The second-order valence-electron chi connectivity index (χ2n) is 5.69. The van der Waals surface area contributed by atoms with Gasteiger partial charge in [0, 0.05) is 29.4 Å². The van der Waals surface area contributed by atoms with E-state index in [1.807, 2.05) is 31.2 Å². The molecule has 2 aromatic carbocycles. The monoisotopic (exact) mass is 328 g/mol. The van der Waals surface area contributed by atoms with Crippen LogP contribution < -0.4 is 10.2 Å². The van der Waals surface area contributed by atoms with Gasteiger partial charge in [-0.2, -0.15) is 0 Å². The zero-order chi connectivity index (χ0) is 16.4. The number of para-hydroxylation sites is 1. The summed E-state index contributed by atoms with van der Waals surface area (Å²) in [7, 11) is 0. The van der Waals surface area contributed by atoms with Crippen LogP contribution in [0.4, 0.5) is 11.4 Å². The third-order valence-electron chi connectivity index (χ3n) is 3.99. The van der Waals surface area contributed by atoms with Gasteiger partial charge in [-0.3, -0.25) is 9.59 Å². The molecular formula is C18H17ClN2O2. The summed E-state index contributed by atoms with van der Waals surface area (Å²) >= 11 is 5.92. The van der Waals surface area contributed by atoms with Crippen molar-refractivity contribution in [3.8, 4) is 0 Å². The Kier molecular flexibility index (Phi) is 4.35. The van der Waals surface area contributed by atoms with Gasteiger partial charge >= 0.3 is 0 Å². The largest absolute Gasteiger partial charge is 0.326 e. The van der Waals surface area contributed by atoms with E-state index in [-0.39, 0.29) is 24.2 Å². The average Bonchev–Trinajstić information content (AvgIpc) is 2.90. The summed E-state index contributed by atoms with van der Waals surface area (Å²) in [6.07, 6.45) is 0.223. The molecule has 5 heteroatoms. The first-order chi connectivity index (χ1) is 11.0. The van der Waals surface area contributed by atoms with E-state index in [2.05, 4.69) is 5.32 Å². The number of hydrogen-bond acceptors (Lipinski definition) is 2. The minimum absolute atomic E-state index is 0.0226. The predicted octanol–water partition coefficient (Wildman–Crippen LogP) is 3.64.